The van der Waals surface area contributed by atoms with Crippen LogP contribution in [-0.4, -0.2) is 29.9 Å². The number of anilines is 1. The van der Waals surface area contributed by atoms with Crippen LogP contribution >= 0.6 is 11.3 Å². The molecule has 0 radical (unpaired) electrons. The zero-order valence-corrected chi connectivity index (χ0v) is 14.5. The van der Waals surface area contributed by atoms with Crippen LogP contribution in [0.4, 0.5) is 11.4 Å². The molecule has 0 unspecified atom stereocenters. The molecule has 8 heteroatoms. The van der Waals surface area contributed by atoms with Crippen LogP contribution in [0.2, 0.25) is 0 Å². The van der Waals surface area contributed by atoms with Crippen LogP contribution in [-0.2, 0) is 6.54 Å². The second-order valence-corrected chi connectivity index (χ2v) is 6.73. The largest absolute Gasteiger partial charge is 0.377 e. The molecule has 0 aliphatic rings. The lowest BCUT2D eigenvalue weighted by molar-refractivity contribution is -0.384. The number of nitro benzene ring substituents is 1. The average molecular weight is 356 g/mol. The minimum Gasteiger partial charge on any atom is -0.377 e. The molecule has 128 valence electrons. The Bertz CT molecular complexity index is 919. The first-order valence-corrected chi connectivity index (χ1v) is 8.36. The zero-order valence-electron chi connectivity index (χ0n) is 13.7. The number of amides is 1. The van der Waals surface area contributed by atoms with Crippen LogP contribution in [0.1, 0.15) is 15.4 Å². The van der Waals surface area contributed by atoms with Crippen molar-refractivity contribution in [3.63, 3.8) is 0 Å². The molecule has 0 atom stereocenters. The molecular formula is C17H16N4O3S. The second kappa shape index (κ2) is 6.86. The summed E-state index contributed by atoms with van der Waals surface area (Å²) in [5.41, 5.74) is 1.66. The lowest BCUT2D eigenvalue weighted by Crippen LogP contribution is -2.25. The highest BCUT2D eigenvalue weighted by atomic mass is 32.1. The molecule has 0 aliphatic carbocycles. The maximum Gasteiger partial charge on any atom is 0.270 e. The third kappa shape index (κ3) is 3.58. The van der Waals surface area contributed by atoms with Gasteiger partial charge in [0.25, 0.3) is 11.6 Å². The highest BCUT2D eigenvalue weighted by molar-refractivity contribution is 7.18. The van der Waals surface area contributed by atoms with E-state index in [0.717, 1.165) is 15.2 Å². The summed E-state index contributed by atoms with van der Waals surface area (Å²) in [5, 5.41) is 14.6. The number of hydrogen-bond donors (Lipinski definition) is 1. The number of carbonyl (C=O) groups excluding carboxylic acids is 1. The summed E-state index contributed by atoms with van der Waals surface area (Å²) in [4.78, 5) is 29.2. The molecule has 0 spiro atoms. The van der Waals surface area contributed by atoms with Crippen LogP contribution in [0, 0.1) is 10.1 Å². The molecule has 25 heavy (non-hydrogen) atoms. The third-order valence-electron chi connectivity index (χ3n) is 3.66. The van der Waals surface area contributed by atoms with Gasteiger partial charge in [-0.1, -0.05) is 12.1 Å². The first kappa shape index (κ1) is 16.8. The van der Waals surface area contributed by atoms with Gasteiger partial charge >= 0.3 is 0 Å². The number of rotatable bonds is 5. The van der Waals surface area contributed by atoms with E-state index in [2.05, 4.69) is 10.3 Å². The number of fused-ring (bicyclic) bond motifs is 1. The predicted molar refractivity (Wildman–Crippen MR) is 98.2 cm³/mol. The molecule has 3 rings (SSSR count). The molecule has 1 amide bonds. The van der Waals surface area contributed by atoms with Crippen molar-refractivity contribution in [2.24, 2.45) is 0 Å². The topological polar surface area (TPSA) is 88.4 Å². The molecule has 1 N–H and O–H groups in total. The van der Waals surface area contributed by atoms with E-state index in [9.17, 15) is 14.9 Å². The van der Waals surface area contributed by atoms with Crippen molar-refractivity contribution in [1.29, 1.82) is 0 Å². The average Bonchev–Trinajstić information content (AvgIpc) is 3.01. The highest BCUT2D eigenvalue weighted by Crippen LogP contribution is 2.25. The summed E-state index contributed by atoms with van der Waals surface area (Å²) in [7, 11) is 3.57. The quantitative estimate of drug-likeness (QED) is 0.560. The van der Waals surface area contributed by atoms with E-state index in [1.165, 1.54) is 23.5 Å². The van der Waals surface area contributed by atoms with Crippen molar-refractivity contribution in [2.75, 3.05) is 19.0 Å². The van der Waals surface area contributed by atoms with Crippen LogP contribution in [0.3, 0.4) is 0 Å². The Hall–Kier alpha value is -3.00. The van der Waals surface area contributed by atoms with Crippen molar-refractivity contribution in [3.05, 3.63) is 63.1 Å². The fraction of sp³-hybridized carbons (Fsp3) is 0.176. The number of thiazole rings is 1. The molecule has 0 fully saturated rings. The number of non-ortho nitro benzene ring substituents is 1. The minimum absolute atomic E-state index is 0.115. The Morgan fingerprint density at radius 1 is 1.28 bits per heavy atom. The lowest BCUT2D eigenvalue weighted by Gasteiger charge is -2.16. The van der Waals surface area contributed by atoms with E-state index >= 15 is 0 Å². The van der Waals surface area contributed by atoms with E-state index in [1.54, 1.807) is 25.1 Å². The zero-order chi connectivity index (χ0) is 18.0. The Balaban J connectivity index is 1.82. The number of nitrogens with zero attached hydrogens (tertiary/aromatic N) is 3. The number of carbonyl (C=O) groups is 1. The number of nitrogens with one attached hydrogen (secondary N) is 1. The molecular weight excluding hydrogens is 340 g/mol. The van der Waals surface area contributed by atoms with Gasteiger partial charge in [-0.25, -0.2) is 4.98 Å². The lowest BCUT2D eigenvalue weighted by atomic mass is 10.1. The van der Waals surface area contributed by atoms with Crippen molar-refractivity contribution in [1.82, 2.24) is 10.3 Å². The normalized spacial score (nSPS) is 10.6. The van der Waals surface area contributed by atoms with Gasteiger partial charge in [-0.05, 0) is 18.2 Å². The maximum absolute atomic E-state index is 12.5. The number of para-hydroxylation sites is 1. The Morgan fingerprint density at radius 2 is 2.04 bits per heavy atom. The summed E-state index contributed by atoms with van der Waals surface area (Å²) in [5.74, 6) is -0.369. The smallest absolute Gasteiger partial charge is 0.270 e. The molecule has 2 aromatic carbocycles. The fourth-order valence-corrected chi connectivity index (χ4v) is 3.36. The van der Waals surface area contributed by atoms with Gasteiger partial charge in [0.15, 0.2) is 0 Å². The Labute approximate surface area is 148 Å². The van der Waals surface area contributed by atoms with E-state index in [4.69, 9.17) is 0 Å². The molecule has 0 aliphatic heterocycles. The van der Waals surface area contributed by atoms with Gasteiger partial charge in [-0.3, -0.25) is 14.9 Å². The van der Waals surface area contributed by atoms with E-state index in [1.807, 2.05) is 24.3 Å². The van der Waals surface area contributed by atoms with Gasteiger partial charge in [0.05, 0.1) is 27.2 Å². The molecule has 1 heterocycles. The molecule has 0 bridgehead atoms. The first-order chi connectivity index (χ1) is 12.0. The van der Waals surface area contributed by atoms with Gasteiger partial charge in [0, 0.05) is 31.9 Å². The van der Waals surface area contributed by atoms with E-state index in [0.29, 0.717) is 5.69 Å². The van der Waals surface area contributed by atoms with Crippen LogP contribution in [0.25, 0.3) is 10.2 Å². The van der Waals surface area contributed by atoms with Gasteiger partial charge in [0.2, 0.25) is 0 Å². The van der Waals surface area contributed by atoms with Crippen molar-refractivity contribution >= 4 is 38.8 Å². The van der Waals surface area contributed by atoms with Gasteiger partial charge < -0.3 is 10.2 Å². The summed E-state index contributed by atoms with van der Waals surface area (Å²) in [6.45, 7) is 0.272. The summed E-state index contributed by atoms with van der Waals surface area (Å²) < 4.78 is 1.05. The van der Waals surface area contributed by atoms with Crippen molar-refractivity contribution in [2.45, 2.75) is 6.54 Å². The monoisotopic (exact) mass is 356 g/mol. The second-order valence-electron chi connectivity index (χ2n) is 5.61. The molecule has 0 saturated heterocycles. The summed E-state index contributed by atoms with van der Waals surface area (Å²) >= 11 is 1.51. The SMILES string of the molecule is CN(C)c1ccc([N+](=O)[O-])cc1C(=O)NCc1nc2ccccc2s1. The van der Waals surface area contributed by atoms with Crippen molar-refractivity contribution < 1.29 is 9.72 Å². The number of hydrogen-bond acceptors (Lipinski definition) is 6. The number of nitro groups is 1. The first-order valence-electron chi connectivity index (χ1n) is 7.54. The van der Waals surface area contributed by atoms with Crippen LogP contribution < -0.4 is 10.2 Å². The van der Waals surface area contributed by atoms with Crippen LogP contribution in [0.15, 0.2) is 42.5 Å². The van der Waals surface area contributed by atoms with Gasteiger partial charge in [0.1, 0.15) is 5.01 Å². The van der Waals surface area contributed by atoms with Crippen LogP contribution in [0.5, 0.6) is 0 Å². The molecule has 0 saturated carbocycles. The number of benzene rings is 2. The standard InChI is InChI=1S/C17H16N4O3S/c1-20(2)14-8-7-11(21(23)24)9-12(14)17(22)18-10-16-19-13-5-3-4-6-15(13)25-16/h3-9H,10H2,1-2H3,(H,18,22). The minimum atomic E-state index is -0.510. The fourth-order valence-electron chi connectivity index (χ4n) is 2.46. The summed E-state index contributed by atoms with van der Waals surface area (Å²) in [6, 6.07) is 12.0. The number of aromatic nitrogens is 1. The third-order valence-corrected chi connectivity index (χ3v) is 4.69. The highest BCUT2D eigenvalue weighted by Gasteiger charge is 2.18. The van der Waals surface area contributed by atoms with Gasteiger partial charge in [-0.2, -0.15) is 0 Å². The Kier molecular flexibility index (Phi) is 4.62. The molecule has 3 aromatic rings. The van der Waals surface area contributed by atoms with Crippen molar-refractivity contribution in [3.8, 4) is 0 Å². The predicted octanol–water partition coefficient (Wildman–Crippen LogP) is 3.20. The van der Waals surface area contributed by atoms with E-state index in [-0.39, 0.29) is 23.7 Å². The molecule has 7 nitrogen and oxygen atoms in total. The van der Waals surface area contributed by atoms with E-state index < -0.39 is 4.92 Å². The maximum atomic E-state index is 12.5. The molecule has 1 aromatic heterocycles. The summed E-state index contributed by atoms with van der Waals surface area (Å²) in [6.07, 6.45) is 0. The van der Waals surface area contributed by atoms with Gasteiger partial charge in [-0.15, -0.1) is 11.3 Å². The Morgan fingerprint density at radius 3 is 2.72 bits per heavy atom.